The van der Waals surface area contributed by atoms with Gasteiger partial charge in [-0.2, -0.15) is 0 Å². The number of non-ortho nitro benzene ring substituents is 1. The van der Waals surface area contributed by atoms with Gasteiger partial charge in [-0.05, 0) is 54.8 Å². The van der Waals surface area contributed by atoms with Crippen LogP contribution in [-0.4, -0.2) is 4.92 Å². The Morgan fingerprint density at radius 2 is 1.63 bits per heavy atom. The molecule has 1 atom stereocenters. The summed E-state index contributed by atoms with van der Waals surface area (Å²) in [6.45, 7) is 4.25. The summed E-state index contributed by atoms with van der Waals surface area (Å²) in [7, 11) is 0. The van der Waals surface area contributed by atoms with Crippen LogP contribution in [0.25, 0.3) is 0 Å². The van der Waals surface area contributed by atoms with Crippen molar-refractivity contribution in [3.05, 3.63) is 94.0 Å². The highest BCUT2D eigenvalue weighted by Gasteiger charge is 2.09. The van der Waals surface area contributed by atoms with Crippen molar-refractivity contribution < 1.29 is 4.92 Å². The fourth-order valence-electron chi connectivity index (χ4n) is 2.99. The predicted molar refractivity (Wildman–Crippen MR) is 111 cm³/mol. The van der Waals surface area contributed by atoms with Crippen molar-refractivity contribution >= 4 is 22.7 Å². The summed E-state index contributed by atoms with van der Waals surface area (Å²) in [5.41, 5.74) is 5.41. The lowest BCUT2D eigenvalue weighted by Gasteiger charge is -2.18. The van der Waals surface area contributed by atoms with Crippen LogP contribution >= 0.6 is 0 Å². The molecule has 0 aliphatic carbocycles. The minimum Gasteiger partial charge on any atom is -0.379 e. The summed E-state index contributed by atoms with van der Waals surface area (Å²) >= 11 is 0. The molecule has 0 bridgehead atoms. The van der Waals surface area contributed by atoms with E-state index in [4.69, 9.17) is 0 Å². The van der Waals surface area contributed by atoms with Crippen LogP contribution in [0, 0.1) is 10.1 Å². The van der Waals surface area contributed by atoms with Gasteiger partial charge in [0.1, 0.15) is 0 Å². The van der Waals surface area contributed by atoms with Crippen LogP contribution in [-0.2, 0) is 6.42 Å². The van der Waals surface area contributed by atoms with E-state index >= 15 is 0 Å². The van der Waals surface area contributed by atoms with Crippen molar-refractivity contribution in [2.45, 2.75) is 26.3 Å². The Balaban J connectivity index is 1.75. The molecule has 0 saturated carbocycles. The zero-order valence-corrected chi connectivity index (χ0v) is 15.5. The molecular formula is C22H23N3O2. The SMILES string of the molecule is CCc1cc(NC(C)c2ccccc2)ccc1Nc1ccc([N+](=O)[O-])cc1. The summed E-state index contributed by atoms with van der Waals surface area (Å²) in [6.07, 6.45) is 0.880. The van der Waals surface area contributed by atoms with Gasteiger partial charge in [-0.3, -0.25) is 10.1 Å². The average molecular weight is 361 g/mol. The smallest absolute Gasteiger partial charge is 0.269 e. The first kappa shape index (κ1) is 18.5. The Hall–Kier alpha value is -3.34. The van der Waals surface area contributed by atoms with Crippen molar-refractivity contribution in [3.63, 3.8) is 0 Å². The number of nitrogens with zero attached hydrogens (tertiary/aromatic N) is 1. The zero-order valence-electron chi connectivity index (χ0n) is 15.5. The number of rotatable bonds is 7. The number of hydrogen-bond acceptors (Lipinski definition) is 4. The van der Waals surface area contributed by atoms with Crippen molar-refractivity contribution in [1.29, 1.82) is 0 Å². The van der Waals surface area contributed by atoms with Crippen LogP contribution in [0.15, 0.2) is 72.8 Å². The maximum atomic E-state index is 10.8. The summed E-state index contributed by atoms with van der Waals surface area (Å²) in [5.74, 6) is 0. The van der Waals surface area contributed by atoms with Crippen molar-refractivity contribution in [2.75, 3.05) is 10.6 Å². The topological polar surface area (TPSA) is 67.2 Å². The van der Waals surface area contributed by atoms with Crippen molar-refractivity contribution in [1.82, 2.24) is 0 Å². The van der Waals surface area contributed by atoms with Gasteiger partial charge in [0.2, 0.25) is 0 Å². The van der Waals surface area contributed by atoms with E-state index in [0.717, 1.165) is 23.5 Å². The fraction of sp³-hybridized carbons (Fsp3) is 0.182. The molecule has 1 unspecified atom stereocenters. The number of anilines is 3. The maximum Gasteiger partial charge on any atom is 0.269 e. The third-order valence-corrected chi connectivity index (χ3v) is 4.53. The molecule has 0 heterocycles. The van der Waals surface area contributed by atoms with Crippen molar-refractivity contribution in [2.24, 2.45) is 0 Å². The van der Waals surface area contributed by atoms with Gasteiger partial charge >= 0.3 is 0 Å². The lowest BCUT2D eigenvalue weighted by Crippen LogP contribution is -2.07. The molecule has 0 aliphatic heterocycles. The first-order valence-corrected chi connectivity index (χ1v) is 9.02. The minimum atomic E-state index is -0.393. The largest absolute Gasteiger partial charge is 0.379 e. The predicted octanol–water partition coefficient (Wildman–Crippen LogP) is 6.07. The van der Waals surface area contributed by atoms with Gasteiger partial charge < -0.3 is 10.6 Å². The number of nitrogens with one attached hydrogen (secondary N) is 2. The van der Waals surface area contributed by atoms with E-state index in [1.165, 1.54) is 23.3 Å². The van der Waals surface area contributed by atoms with E-state index in [0.29, 0.717) is 0 Å². The normalized spacial score (nSPS) is 11.6. The molecule has 0 fully saturated rings. The number of nitro groups is 1. The summed E-state index contributed by atoms with van der Waals surface area (Å²) in [5, 5.41) is 17.7. The Morgan fingerprint density at radius 3 is 2.26 bits per heavy atom. The second-order valence-corrected chi connectivity index (χ2v) is 6.43. The molecule has 3 rings (SSSR count). The molecule has 3 aromatic carbocycles. The zero-order chi connectivity index (χ0) is 19.2. The molecule has 0 saturated heterocycles. The van der Waals surface area contributed by atoms with Crippen LogP contribution < -0.4 is 10.6 Å². The average Bonchev–Trinajstić information content (AvgIpc) is 2.70. The molecule has 5 heteroatoms. The Kier molecular flexibility index (Phi) is 5.71. The Labute approximate surface area is 159 Å². The van der Waals surface area contributed by atoms with Gasteiger partial charge in [-0.15, -0.1) is 0 Å². The molecule has 3 aromatic rings. The second-order valence-electron chi connectivity index (χ2n) is 6.43. The highest BCUT2D eigenvalue weighted by molar-refractivity contribution is 5.67. The molecule has 0 amide bonds. The number of nitro benzene ring substituents is 1. The van der Waals surface area contributed by atoms with Gasteiger partial charge in [0.15, 0.2) is 0 Å². The van der Waals surface area contributed by atoms with E-state index in [1.807, 2.05) is 30.3 Å². The van der Waals surface area contributed by atoms with Crippen LogP contribution in [0.4, 0.5) is 22.7 Å². The van der Waals surface area contributed by atoms with E-state index in [9.17, 15) is 10.1 Å². The van der Waals surface area contributed by atoms with Gasteiger partial charge in [0, 0.05) is 35.2 Å². The van der Waals surface area contributed by atoms with Gasteiger partial charge in [-0.25, -0.2) is 0 Å². The number of aryl methyl sites for hydroxylation is 1. The highest BCUT2D eigenvalue weighted by atomic mass is 16.6. The van der Waals surface area contributed by atoms with E-state index in [2.05, 4.69) is 42.7 Å². The molecule has 0 spiro atoms. The summed E-state index contributed by atoms with van der Waals surface area (Å²) in [6, 6.07) is 23.2. The lowest BCUT2D eigenvalue weighted by molar-refractivity contribution is -0.384. The molecule has 0 aliphatic rings. The van der Waals surface area contributed by atoms with Gasteiger partial charge in [-0.1, -0.05) is 37.3 Å². The first-order valence-electron chi connectivity index (χ1n) is 9.02. The van der Waals surface area contributed by atoms with E-state index < -0.39 is 4.92 Å². The van der Waals surface area contributed by atoms with Gasteiger partial charge in [0.05, 0.1) is 4.92 Å². The fourth-order valence-corrected chi connectivity index (χ4v) is 2.99. The molecule has 27 heavy (non-hydrogen) atoms. The quantitative estimate of drug-likeness (QED) is 0.396. The molecule has 2 N–H and O–H groups in total. The van der Waals surface area contributed by atoms with Crippen LogP contribution in [0.5, 0.6) is 0 Å². The van der Waals surface area contributed by atoms with Crippen molar-refractivity contribution in [3.8, 4) is 0 Å². The second kappa shape index (κ2) is 8.36. The third kappa shape index (κ3) is 4.64. The third-order valence-electron chi connectivity index (χ3n) is 4.53. The monoisotopic (exact) mass is 361 g/mol. The van der Waals surface area contributed by atoms with Crippen LogP contribution in [0.3, 0.4) is 0 Å². The molecular weight excluding hydrogens is 338 g/mol. The molecule has 5 nitrogen and oxygen atoms in total. The van der Waals surface area contributed by atoms with Crippen LogP contribution in [0.1, 0.15) is 31.0 Å². The minimum absolute atomic E-state index is 0.0886. The van der Waals surface area contributed by atoms with E-state index in [-0.39, 0.29) is 11.7 Å². The lowest BCUT2D eigenvalue weighted by atomic mass is 10.1. The van der Waals surface area contributed by atoms with Gasteiger partial charge in [0.25, 0.3) is 5.69 Å². The number of hydrogen-bond donors (Lipinski definition) is 2. The van der Waals surface area contributed by atoms with Crippen LogP contribution in [0.2, 0.25) is 0 Å². The standard InChI is InChI=1S/C22H23N3O2/c1-3-17-15-20(23-16(2)18-7-5-4-6-8-18)11-14-22(17)24-19-9-12-21(13-10-19)25(26)27/h4-16,23-24H,3H2,1-2H3. The maximum absolute atomic E-state index is 10.8. The first-order chi connectivity index (χ1) is 13.1. The Bertz CT molecular complexity index is 909. The molecule has 0 aromatic heterocycles. The molecule has 138 valence electrons. The molecule has 0 radical (unpaired) electrons. The summed E-state index contributed by atoms with van der Waals surface area (Å²) < 4.78 is 0. The Morgan fingerprint density at radius 1 is 0.963 bits per heavy atom. The number of benzene rings is 3. The summed E-state index contributed by atoms with van der Waals surface area (Å²) in [4.78, 5) is 10.4. The van der Waals surface area contributed by atoms with E-state index in [1.54, 1.807) is 12.1 Å². The highest BCUT2D eigenvalue weighted by Crippen LogP contribution is 2.27.